The van der Waals surface area contributed by atoms with Gasteiger partial charge in [-0.1, -0.05) is 6.07 Å². The van der Waals surface area contributed by atoms with Gasteiger partial charge < -0.3 is 10.1 Å². The molecule has 29 heavy (non-hydrogen) atoms. The SMILES string of the molecule is CC1NC(Cc2ccc(Br)c(Oc3cc(C#N)cc(C(F)F)c3)c2F)=NNC1=O. The summed E-state index contributed by atoms with van der Waals surface area (Å²) in [4.78, 5) is 11.4. The van der Waals surface area contributed by atoms with E-state index in [1.807, 2.05) is 0 Å². The molecule has 1 amide bonds. The number of halogens is 4. The van der Waals surface area contributed by atoms with Crippen molar-refractivity contribution in [2.45, 2.75) is 25.8 Å². The van der Waals surface area contributed by atoms with Crippen LogP contribution in [0.1, 0.15) is 30.0 Å². The van der Waals surface area contributed by atoms with Crippen molar-refractivity contribution in [2.24, 2.45) is 5.10 Å². The summed E-state index contributed by atoms with van der Waals surface area (Å²) in [6.07, 6.45) is -2.77. The molecule has 1 heterocycles. The van der Waals surface area contributed by atoms with Crippen molar-refractivity contribution < 1.29 is 22.7 Å². The molecule has 0 radical (unpaired) electrons. The number of hydrogen-bond donors (Lipinski definition) is 2. The molecule has 1 unspecified atom stereocenters. The maximum absolute atomic E-state index is 15.1. The number of amidine groups is 1. The summed E-state index contributed by atoms with van der Waals surface area (Å²) in [5.41, 5.74) is 2.11. The number of carbonyl (C=O) groups is 1. The molecule has 0 aromatic heterocycles. The first-order valence-corrected chi connectivity index (χ1v) is 9.18. The highest BCUT2D eigenvalue weighted by Crippen LogP contribution is 2.36. The maximum Gasteiger partial charge on any atom is 0.264 e. The lowest BCUT2D eigenvalue weighted by Crippen LogP contribution is -2.49. The Kier molecular flexibility index (Phi) is 6.08. The van der Waals surface area contributed by atoms with Crippen molar-refractivity contribution in [1.29, 1.82) is 5.26 Å². The van der Waals surface area contributed by atoms with Crippen LogP contribution >= 0.6 is 15.9 Å². The molecule has 0 aliphatic carbocycles. The summed E-state index contributed by atoms with van der Waals surface area (Å²) in [7, 11) is 0. The van der Waals surface area contributed by atoms with Crippen LogP contribution in [0.2, 0.25) is 0 Å². The molecule has 6 nitrogen and oxygen atoms in total. The van der Waals surface area contributed by atoms with Crippen molar-refractivity contribution in [3.63, 3.8) is 0 Å². The van der Waals surface area contributed by atoms with Crippen LogP contribution in [-0.2, 0) is 11.2 Å². The molecule has 1 aliphatic rings. The molecule has 3 rings (SSSR count). The highest BCUT2D eigenvalue weighted by atomic mass is 79.9. The van der Waals surface area contributed by atoms with E-state index in [4.69, 9.17) is 10.00 Å². The zero-order valence-electron chi connectivity index (χ0n) is 15.0. The van der Waals surface area contributed by atoms with Gasteiger partial charge >= 0.3 is 0 Å². The second kappa shape index (κ2) is 8.53. The number of nitriles is 1. The predicted molar refractivity (Wildman–Crippen MR) is 102 cm³/mol. The highest BCUT2D eigenvalue weighted by molar-refractivity contribution is 9.10. The number of hydrogen-bond acceptors (Lipinski definition) is 5. The second-order valence-corrected chi connectivity index (χ2v) is 7.09. The topological polar surface area (TPSA) is 86.5 Å². The number of alkyl halides is 2. The third-order valence-electron chi connectivity index (χ3n) is 4.09. The molecule has 0 saturated carbocycles. The van der Waals surface area contributed by atoms with Crippen LogP contribution in [0.25, 0.3) is 0 Å². The number of ether oxygens (including phenoxy) is 1. The molecule has 0 saturated heterocycles. The van der Waals surface area contributed by atoms with Gasteiger partial charge in [0, 0.05) is 12.0 Å². The fraction of sp³-hybridized carbons (Fsp3) is 0.211. The average Bonchev–Trinajstić information content (AvgIpc) is 2.69. The smallest absolute Gasteiger partial charge is 0.264 e. The quantitative estimate of drug-likeness (QED) is 0.692. The molecule has 1 atom stereocenters. The Morgan fingerprint density at radius 3 is 2.76 bits per heavy atom. The molecule has 2 aromatic carbocycles. The monoisotopic (exact) mass is 466 g/mol. The molecule has 1 aliphatic heterocycles. The number of nitrogens with one attached hydrogen (secondary N) is 2. The minimum Gasteiger partial charge on any atom is -0.453 e. The lowest BCUT2D eigenvalue weighted by molar-refractivity contribution is -0.122. The summed E-state index contributed by atoms with van der Waals surface area (Å²) in [6.45, 7) is 1.64. The van der Waals surface area contributed by atoms with E-state index in [-0.39, 0.29) is 39.4 Å². The van der Waals surface area contributed by atoms with Gasteiger partial charge in [0.25, 0.3) is 12.3 Å². The van der Waals surface area contributed by atoms with E-state index in [1.54, 1.807) is 19.1 Å². The molecule has 0 fully saturated rings. The van der Waals surface area contributed by atoms with Crippen LogP contribution in [0.3, 0.4) is 0 Å². The standard InChI is InChI=1S/C19H14BrF3N4O2/c1-9-19(28)27-26-15(25-9)7-11-2-3-14(20)17(16(11)21)29-13-5-10(8-24)4-12(6-13)18(22)23/h2-6,9,18H,7H2,1H3,(H,25,26)(H,27,28). The molecule has 0 spiro atoms. The van der Waals surface area contributed by atoms with Gasteiger partial charge in [-0.2, -0.15) is 10.4 Å². The van der Waals surface area contributed by atoms with E-state index >= 15 is 4.39 Å². The Morgan fingerprint density at radius 2 is 2.10 bits per heavy atom. The van der Waals surface area contributed by atoms with E-state index in [2.05, 4.69) is 31.8 Å². The van der Waals surface area contributed by atoms with Gasteiger partial charge in [0.1, 0.15) is 17.6 Å². The highest BCUT2D eigenvalue weighted by Gasteiger charge is 2.22. The van der Waals surface area contributed by atoms with Crippen LogP contribution in [0, 0.1) is 17.1 Å². The van der Waals surface area contributed by atoms with E-state index in [0.29, 0.717) is 5.84 Å². The lowest BCUT2D eigenvalue weighted by atomic mass is 10.1. The number of nitrogens with zero attached hydrogens (tertiary/aromatic N) is 2. The minimum atomic E-state index is -2.81. The molecule has 2 aromatic rings. The van der Waals surface area contributed by atoms with E-state index in [9.17, 15) is 13.6 Å². The number of hydrazone groups is 1. The van der Waals surface area contributed by atoms with E-state index in [1.165, 1.54) is 12.1 Å². The molecule has 0 bridgehead atoms. The Labute approximate surface area is 172 Å². The normalized spacial score (nSPS) is 16.0. The van der Waals surface area contributed by atoms with E-state index < -0.39 is 23.8 Å². The molecule has 10 heteroatoms. The van der Waals surface area contributed by atoms with Crippen LogP contribution in [-0.4, -0.2) is 17.8 Å². The number of rotatable bonds is 5. The first-order valence-electron chi connectivity index (χ1n) is 8.39. The van der Waals surface area contributed by atoms with Crippen LogP contribution in [0.5, 0.6) is 11.5 Å². The second-order valence-electron chi connectivity index (χ2n) is 6.23. The van der Waals surface area contributed by atoms with Gasteiger partial charge in [-0.3, -0.25) is 4.79 Å². The third-order valence-corrected chi connectivity index (χ3v) is 4.72. The summed E-state index contributed by atoms with van der Waals surface area (Å²) >= 11 is 3.18. The van der Waals surface area contributed by atoms with Crippen molar-refractivity contribution in [3.05, 3.63) is 57.3 Å². The fourth-order valence-corrected chi connectivity index (χ4v) is 3.02. The zero-order valence-corrected chi connectivity index (χ0v) is 16.6. The zero-order chi connectivity index (χ0) is 21.1. The van der Waals surface area contributed by atoms with Gasteiger partial charge in [0.2, 0.25) is 0 Å². The lowest BCUT2D eigenvalue weighted by Gasteiger charge is -2.21. The fourth-order valence-electron chi connectivity index (χ4n) is 2.63. The third kappa shape index (κ3) is 4.68. The largest absolute Gasteiger partial charge is 0.453 e. The summed E-state index contributed by atoms with van der Waals surface area (Å²) < 4.78 is 46.9. The number of amides is 1. The van der Waals surface area contributed by atoms with Crippen LogP contribution in [0.15, 0.2) is 39.9 Å². The van der Waals surface area contributed by atoms with Crippen LogP contribution in [0.4, 0.5) is 13.2 Å². The molecule has 2 N–H and O–H groups in total. The Hall–Kier alpha value is -3.06. The number of carbonyl (C=O) groups excluding carboxylic acids is 1. The maximum atomic E-state index is 15.1. The average molecular weight is 467 g/mol. The van der Waals surface area contributed by atoms with Crippen molar-refractivity contribution in [3.8, 4) is 17.6 Å². The van der Waals surface area contributed by atoms with Gasteiger partial charge in [-0.05, 0) is 52.7 Å². The van der Waals surface area contributed by atoms with Crippen molar-refractivity contribution >= 4 is 27.7 Å². The van der Waals surface area contributed by atoms with E-state index in [0.717, 1.165) is 12.1 Å². The van der Waals surface area contributed by atoms with Crippen molar-refractivity contribution in [2.75, 3.05) is 0 Å². The predicted octanol–water partition coefficient (Wildman–Crippen LogP) is 4.15. The van der Waals surface area contributed by atoms with Gasteiger partial charge in [0.05, 0.1) is 16.1 Å². The molecular formula is C19H14BrF3N4O2. The summed E-state index contributed by atoms with van der Waals surface area (Å²) in [5, 5.41) is 15.7. The Bertz CT molecular complexity index is 1040. The van der Waals surface area contributed by atoms with Gasteiger partial charge in [-0.25, -0.2) is 18.6 Å². The first kappa shape index (κ1) is 20.7. The Balaban J connectivity index is 1.91. The number of benzene rings is 2. The van der Waals surface area contributed by atoms with Crippen molar-refractivity contribution in [1.82, 2.24) is 10.7 Å². The summed E-state index contributed by atoms with van der Waals surface area (Å²) in [6, 6.07) is 7.65. The van der Waals surface area contributed by atoms with Crippen LogP contribution < -0.4 is 15.5 Å². The minimum absolute atomic E-state index is 0.0315. The van der Waals surface area contributed by atoms with Gasteiger partial charge in [-0.15, -0.1) is 0 Å². The molecular weight excluding hydrogens is 453 g/mol. The first-order chi connectivity index (χ1) is 13.8. The Morgan fingerprint density at radius 1 is 1.34 bits per heavy atom. The van der Waals surface area contributed by atoms with Gasteiger partial charge in [0.15, 0.2) is 11.6 Å². The summed E-state index contributed by atoms with van der Waals surface area (Å²) in [5.74, 6) is -0.984. The molecule has 150 valence electrons.